The Morgan fingerprint density at radius 1 is 1.28 bits per heavy atom. The molecule has 0 saturated carbocycles. The Morgan fingerprint density at radius 2 is 2.00 bits per heavy atom. The summed E-state index contributed by atoms with van der Waals surface area (Å²) in [4.78, 5) is 6.86. The van der Waals surface area contributed by atoms with Gasteiger partial charge in [-0.1, -0.05) is 26.0 Å². The van der Waals surface area contributed by atoms with Crippen LogP contribution in [0.1, 0.15) is 52.0 Å². The van der Waals surface area contributed by atoms with Crippen LogP contribution < -0.4 is 10.6 Å². The van der Waals surface area contributed by atoms with Gasteiger partial charge in [-0.05, 0) is 69.9 Å². The van der Waals surface area contributed by atoms with Crippen molar-refractivity contribution in [3.8, 4) is 0 Å². The van der Waals surface area contributed by atoms with Crippen LogP contribution in [0, 0.1) is 5.82 Å². The van der Waals surface area contributed by atoms with Gasteiger partial charge in [0.1, 0.15) is 5.82 Å². The highest BCUT2D eigenvalue weighted by atomic mass is 19.1. The van der Waals surface area contributed by atoms with Crippen molar-refractivity contribution in [2.24, 2.45) is 4.99 Å². The maximum Gasteiger partial charge on any atom is 0.191 e. The Morgan fingerprint density at radius 3 is 2.62 bits per heavy atom. The van der Waals surface area contributed by atoms with Crippen LogP contribution in [0.3, 0.4) is 0 Å². The number of aliphatic imine (C=N–C) groups is 1. The largest absolute Gasteiger partial charge is 0.381 e. The van der Waals surface area contributed by atoms with E-state index in [-0.39, 0.29) is 11.2 Å². The zero-order valence-electron chi connectivity index (χ0n) is 18.6. The molecule has 5 nitrogen and oxygen atoms in total. The molecule has 1 atom stereocenters. The zero-order valence-corrected chi connectivity index (χ0v) is 18.6. The molecule has 1 heterocycles. The van der Waals surface area contributed by atoms with Crippen molar-refractivity contribution >= 4 is 5.96 Å². The minimum Gasteiger partial charge on any atom is -0.381 e. The molecular formula is C23H39FN4O. The Labute approximate surface area is 176 Å². The first-order valence-corrected chi connectivity index (χ1v) is 11.1. The fourth-order valence-electron chi connectivity index (χ4n) is 4.06. The maximum absolute atomic E-state index is 13.9. The molecule has 1 aliphatic heterocycles. The summed E-state index contributed by atoms with van der Waals surface area (Å²) in [5.41, 5.74) is 0.903. The molecule has 0 bridgehead atoms. The molecule has 1 unspecified atom stereocenters. The molecule has 2 N–H and O–H groups in total. The lowest BCUT2D eigenvalue weighted by atomic mass is 9.74. The summed E-state index contributed by atoms with van der Waals surface area (Å²) in [7, 11) is 1.80. The first kappa shape index (κ1) is 23.6. The Kier molecular flexibility index (Phi) is 9.88. The number of halogens is 1. The number of guanidine groups is 1. The number of nitrogens with one attached hydrogen (secondary N) is 2. The summed E-state index contributed by atoms with van der Waals surface area (Å²) in [5, 5.41) is 7.01. The molecule has 1 aromatic rings. The highest BCUT2D eigenvalue weighted by Gasteiger charge is 2.35. The predicted octanol–water partition coefficient (Wildman–Crippen LogP) is 3.55. The topological polar surface area (TPSA) is 48.9 Å². The van der Waals surface area contributed by atoms with Gasteiger partial charge in [-0.3, -0.25) is 4.99 Å². The van der Waals surface area contributed by atoms with E-state index in [0.717, 1.165) is 56.8 Å². The van der Waals surface area contributed by atoms with E-state index in [2.05, 4.69) is 41.3 Å². The lowest BCUT2D eigenvalue weighted by Gasteiger charge is -2.38. The molecule has 164 valence electrons. The van der Waals surface area contributed by atoms with E-state index in [0.29, 0.717) is 25.8 Å². The molecule has 1 aliphatic rings. The number of ether oxygens (including phenoxy) is 1. The minimum absolute atomic E-state index is 0.135. The van der Waals surface area contributed by atoms with E-state index in [1.165, 1.54) is 6.07 Å². The third kappa shape index (κ3) is 7.27. The molecule has 1 aromatic carbocycles. The lowest BCUT2D eigenvalue weighted by Crippen LogP contribution is -2.49. The lowest BCUT2D eigenvalue weighted by molar-refractivity contribution is 0.0512. The van der Waals surface area contributed by atoms with Crippen molar-refractivity contribution in [3.05, 3.63) is 35.6 Å². The fraction of sp³-hybridized carbons (Fsp3) is 0.696. The molecule has 0 amide bonds. The van der Waals surface area contributed by atoms with Crippen LogP contribution in [0.25, 0.3) is 0 Å². The summed E-state index contributed by atoms with van der Waals surface area (Å²) in [6.45, 7) is 12.1. The van der Waals surface area contributed by atoms with Crippen LogP contribution in [0.4, 0.5) is 4.39 Å². The van der Waals surface area contributed by atoms with E-state index in [1.54, 1.807) is 19.2 Å². The zero-order chi connectivity index (χ0) is 21.1. The average molecular weight is 407 g/mol. The number of benzene rings is 1. The van der Waals surface area contributed by atoms with Crippen LogP contribution in [-0.2, 0) is 10.2 Å². The second-order valence-corrected chi connectivity index (χ2v) is 8.04. The molecule has 1 saturated heterocycles. The highest BCUT2D eigenvalue weighted by Crippen LogP contribution is 2.34. The van der Waals surface area contributed by atoms with Crippen LogP contribution in [0.5, 0.6) is 0 Å². The van der Waals surface area contributed by atoms with Gasteiger partial charge >= 0.3 is 0 Å². The van der Waals surface area contributed by atoms with Crippen molar-refractivity contribution < 1.29 is 9.13 Å². The molecule has 1 fully saturated rings. The van der Waals surface area contributed by atoms with E-state index >= 15 is 0 Å². The normalized spacial score (nSPS) is 17.9. The molecule has 29 heavy (non-hydrogen) atoms. The molecule has 2 rings (SSSR count). The summed E-state index contributed by atoms with van der Waals surface area (Å²) >= 11 is 0. The summed E-state index contributed by atoms with van der Waals surface area (Å²) in [5.74, 6) is 0.625. The maximum atomic E-state index is 13.9. The first-order valence-electron chi connectivity index (χ1n) is 11.1. The highest BCUT2D eigenvalue weighted by molar-refractivity contribution is 5.80. The van der Waals surface area contributed by atoms with Crippen LogP contribution >= 0.6 is 0 Å². The van der Waals surface area contributed by atoms with Crippen LogP contribution in [0.2, 0.25) is 0 Å². The molecule has 0 radical (unpaired) electrons. The summed E-state index contributed by atoms with van der Waals surface area (Å²) in [6, 6.07) is 7.34. The van der Waals surface area contributed by atoms with Gasteiger partial charge < -0.3 is 20.3 Å². The van der Waals surface area contributed by atoms with E-state index < -0.39 is 0 Å². The first-order chi connectivity index (χ1) is 14.0. The smallest absolute Gasteiger partial charge is 0.191 e. The van der Waals surface area contributed by atoms with Gasteiger partial charge in [-0.25, -0.2) is 4.39 Å². The third-order valence-corrected chi connectivity index (χ3v) is 6.09. The van der Waals surface area contributed by atoms with Crippen molar-refractivity contribution in [2.75, 3.05) is 46.4 Å². The molecule has 0 aliphatic carbocycles. The van der Waals surface area contributed by atoms with Gasteiger partial charge in [0.15, 0.2) is 5.96 Å². The second-order valence-electron chi connectivity index (χ2n) is 8.04. The number of rotatable bonds is 10. The van der Waals surface area contributed by atoms with Gasteiger partial charge in [0.2, 0.25) is 0 Å². The number of nitrogens with zero attached hydrogens (tertiary/aromatic N) is 2. The molecule has 0 spiro atoms. The van der Waals surface area contributed by atoms with Gasteiger partial charge in [-0.15, -0.1) is 0 Å². The van der Waals surface area contributed by atoms with Crippen LogP contribution in [-0.4, -0.2) is 63.3 Å². The van der Waals surface area contributed by atoms with Crippen LogP contribution in [0.15, 0.2) is 29.3 Å². The second kappa shape index (κ2) is 12.1. The quantitative estimate of drug-likeness (QED) is 0.461. The minimum atomic E-state index is -0.183. The van der Waals surface area contributed by atoms with Gasteiger partial charge in [0.05, 0.1) is 0 Å². The fourth-order valence-corrected chi connectivity index (χ4v) is 4.06. The number of hydrogen-bond acceptors (Lipinski definition) is 3. The summed E-state index contributed by atoms with van der Waals surface area (Å²) in [6.07, 6.45) is 4.01. The third-order valence-electron chi connectivity index (χ3n) is 6.09. The van der Waals surface area contributed by atoms with E-state index in [4.69, 9.17) is 4.74 Å². The van der Waals surface area contributed by atoms with Crippen molar-refractivity contribution in [2.45, 2.75) is 57.9 Å². The Hall–Kier alpha value is -1.66. The van der Waals surface area contributed by atoms with Gasteiger partial charge in [0, 0.05) is 38.3 Å². The standard InChI is InChI=1S/C23H39FN4O/c1-5-28(6-2)14-8-9-19(3)27-22(25-4)26-18-23(12-15-29-16-13-23)20-10-7-11-21(24)17-20/h7,10-11,17,19H,5-6,8-9,12-16,18H2,1-4H3,(H2,25,26,27). The van der Waals surface area contributed by atoms with E-state index in [1.807, 2.05) is 6.07 Å². The van der Waals surface area contributed by atoms with E-state index in [9.17, 15) is 4.39 Å². The Bertz CT molecular complexity index is 627. The average Bonchev–Trinajstić information content (AvgIpc) is 2.75. The van der Waals surface area contributed by atoms with Gasteiger partial charge in [0.25, 0.3) is 0 Å². The Balaban J connectivity index is 1.91. The molecule has 0 aromatic heterocycles. The van der Waals surface area contributed by atoms with Crippen molar-refractivity contribution in [1.82, 2.24) is 15.5 Å². The number of hydrogen-bond donors (Lipinski definition) is 2. The molecular weight excluding hydrogens is 367 g/mol. The monoisotopic (exact) mass is 406 g/mol. The predicted molar refractivity (Wildman–Crippen MR) is 119 cm³/mol. The van der Waals surface area contributed by atoms with Crippen molar-refractivity contribution in [3.63, 3.8) is 0 Å². The SMILES string of the molecule is CCN(CC)CCCC(C)NC(=NC)NCC1(c2cccc(F)c2)CCOCC1. The summed E-state index contributed by atoms with van der Waals surface area (Å²) < 4.78 is 19.4. The van der Waals surface area contributed by atoms with Gasteiger partial charge in [-0.2, -0.15) is 0 Å². The molecule has 6 heteroatoms. The van der Waals surface area contributed by atoms with Crippen molar-refractivity contribution in [1.29, 1.82) is 0 Å².